The first kappa shape index (κ1) is 70.3. The van der Waals surface area contributed by atoms with Crippen molar-refractivity contribution >= 4 is 17.9 Å². The van der Waals surface area contributed by atoms with E-state index in [0.29, 0.717) is 19.3 Å². The van der Waals surface area contributed by atoms with Crippen LogP contribution < -0.4 is 0 Å². The van der Waals surface area contributed by atoms with Crippen molar-refractivity contribution in [1.29, 1.82) is 0 Å². The average Bonchev–Trinajstić information content (AvgIpc) is 3.40. The first-order chi connectivity index (χ1) is 36.5. The maximum atomic E-state index is 12.9. The highest BCUT2D eigenvalue weighted by atomic mass is 16.6. The number of allylic oxidation sites excluding steroid dienone is 16. The van der Waals surface area contributed by atoms with Crippen molar-refractivity contribution in [3.05, 3.63) is 97.2 Å². The molecule has 0 N–H and O–H groups in total. The van der Waals surface area contributed by atoms with Crippen LogP contribution >= 0.6 is 0 Å². The zero-order chi connectivity index (χ0) is 53.6. The zero-order valence-corrected chi connectivity index (χ0v) is 48.6. The molecule has 74 heavy (non-hydrogen) atoms. The van der Waals surface area contributed by atoms with Crippen molar-refractivity contribution in [3.8, 4) is 0 Å². The van der Waals surface area contributed by atoms with Crippen molar-refractivity contribution < 1.29 is 28.6 Å². The molecule has 0 bridgehead atoms. The number of ether oxygens (including phenoxy) is 3. The van der Waals surface area contributed by atoms with Gasteiger partial charge >= 0.3 is 17.9 Å². The van der Waals surface area contributed by atoms with E-state index < -0.39 is 6.10 Å². The Labute approximate surface area is 457 Å². The van der Waals surface area contributed by atoms with Gasteiger partial charge in [0.15, 0.2) is 6.10 Å². The molecule has 0 spiro atoms. The molecule has 0 aliphatic heterocycles. The summed E-state index contributed by atoms with van der Waals surface area (Å²) in [6.45, 7) is 6.48. The summed E-state index contributed by atoms with van der Waals surface area (Å²) in [5.41, 5.74) is 0. The molecule has 6 nitrogen and oxygen atoms in total. The molecule has 0 aromatic carbocycles. The van der Waals surface area contributed by atoms with Crippen LogP contribution in [0.3, 0.4) is 0 Å². The van der Waals surface area contributed by atoms with E-state index in [9.17, 15) is 14.4 Å². The van der Waals surface area contributed by atoms with Gasteiger partial charge in [-0.25, -0.2) is 0 Å². The number of hydrogen-bond acceptors (Lipinski definition) is 6. The molecule has 0 aliphatic rings. The second-order valence-electron chi connectivity index (χ2n) is 20.6. The Morgan fingerprint density at radius 2 is 0.527 bits per heavy atom. The number of esters is 3. The van der Waals surface area contributed by atoms with Gasteiger partial charge in [0, 0.05) is 19.3 Å². The fraction of sp³-hybridized carbons (Fsp3) is 0.721. The lowest BCUT2D eigenvalue weighted by atomic mass is 10.0. The molecule has 6 heteroatoms. The first-order valence-electron chi connectivity index (χ1n) is 31.2. The molecule has 0 aromatic heterocycles. The van der Waals surface area contributed by atoms with Crippen molar-refractivity contribution in [2.24, 2.45) is 0 Å². The van der Waals surface area contributed by atoms with E-state index in [2.05, 4.69) is 118 Å². The van der Waals surface area contributed by atoms with Gasteiger partial charge in [0.25, 0.3) is 0 Å². The van der Waals surface area contributed by atoms with Crippen LogP contribution in [0.15, 0.2) is 97.2 Å². The van der Waals surface area contributed by atoms with Crippen molar-refractivity contribution in [2.45, 2.75) is 303 Å². The fourth-order valence-electron chi connectivity index (χ4n) is 8.61. The molecular formula is C68H116O6. The second kappa shape index (κ2) is 61.9. The van der Waals surface area contributed by atoms with Crippen LogP contribution in [0.2, 0.25) is 0 Å². The predicted molar refractivity (Wildman–Crippen MR) is 320 cm³/mol. The molecule has 424 valence electrons. The van der Waals surface area contributed by atoms with Gasteiger partial charge in [-0.15, -0.1) is 0 Å². The Kier molecular flexibility index (Phi) is 58.8. The number of carbonyl (C=O) groups excluding carboxylic acids is 3. The summed E-state index contributed by atoms with van der Waals surface area (Å²) in [6, 6.07) is 0. The third kappa shape index (κ3) is 59.2. The van der Waals surface area contributed by atoms with E-state index in [1.807, 2.05) is 0 Å². The van der Waals surface area contributed by atoms with Crippen LogP contribution in [0.25, 0.3) is 0 Å². The molecule has 0 radical (unpaired) electrons. The molecular weight excluding hydrogens is 913 g/mol. The summed E-state index contributed by atoms with van der Waals surface area (Å²) in [7, 11) is 0. The van der Waals surface area contributed by atoms with Gasteiger partial charge in [-0.2, -0.15) is 0 Å². The smallest absolute Gasteiger partial charge is 0.306 e. The Hall–Kier alpha value is -3.67. The van der Waals surface area contributed by atoms with Crippen LogP contribution in [-0.2, 0) is 28.6 Å². The van der Waals surface area contributed by atoms with E-state index in [1.165, 1.54) is 141 Å². The average molecular weight is 1030 g/mol. The molecule has 0 aromatic rings. The lowest BCUT2D eigenvalue weighted by Gasteiger charge is -2.18. The minimum Gasteiger partial charge on any atom is -0.462 e. The van der Waals surface area contributed by atoms with Gasteiger partial charge in [-0.05, 0) is 122 Å². The van der Waals surface area contributed by atoms with E-state index in [4.69, 9.17) is 14.2 Å². The highest BCUT2D eigenvalue weighted by molar-refractivity contribution is 5.71. The normalized spacial score (nSPS) is 12.7. The van der Waals surface area contributed by atoms with Crippen LogP contribution in [0.4, 0.5) is 0 Å². The van der Waals surface area contributed by atoms with Crippen molar-refractivity contribution in [1.82, 2.24) is 0 Å². The van der Waals surface area contributed by atoms with Crippen molar-refractivity contribution in [2.75, 3.05) is 13.2 Å². The fourth-order valence-corrected chi connectivity index (χ4v) is 8.61. The van der Waals surface area contributed by atoms with Gasteiger partial charge in [0.05, 0.1) is 0 Å². The van der Waals surface area contributed by atoms with Crippen LogP contribution in [0.1, 0.15) is 297 Å². The minimum absolute atomic E-state index is 0.0859. The van der Waals surface area contributed by atoms with Crippen LogP contribution in [-0.4, -0.2) is 37.2 Å². The molecule has 0 fully saturated rings. The molecule has 1 atom stereocenters. The Bertz CT molecular complexity index is 1460. The third-order valence-corrected chi connectivity index (χ3v) is 13.3. The summed E-state index contributed by atoms with van der Waals surface area (Å²) >= 11 is 0. The van der Waals surface area contributed by atoms with Crippen LogP contribution in [0, 0.1) is 0 Å². The highest BCUT2D eigenvalue weighted by Crippen LogP contribution is 2.16. The Morgan fingerprint density at radius 1 is 0.284 bits per heavy atom. The lowest BCUT2D eigenvalue weighted by Crippen LogP contribution is -2.30. The van der Waals surface area contributed by atoms with E-state index in [0.717, 1.165) is 116 Å². The second-order valence-corrected chi connectivity index (χ2v) is 20.6. The third-order valence-electron chi connectivity index (χ3n) is 13.3. The quantitative estimate of drug-likeness (QED) is 0.0261. The SMILES string of the molecule is CC/C=C\C/C=C\C/C=C\C/C=C\CCCCCCCCCCCCCCC(=O)OCC(COC(=O)CCCCCCC/C=C\CCCCC)OC(=O)CCCCCCCC/C=C\C/C=C\C/C=C\CCCCC. The zero-order valence-electron chi connectivity index (χ0n) is 48.6. The number of carbonyl (C=O) groups is 3. The lowest BCUT2D eigenvalue weighted by molar-refractivity contribution is -0.167. The van der Waals surface area contributed by atoms with E-state index in [1.54, 1.807) is 0 Å². The van der Waals surface area contributed by atoms with Gasteiger partial charge < -0.3 is 14.2 Å². The van der Waals surface area contributed by atoms with Gasteiger partial charge in [-0.1, -0.05) is 253 Å². The predicted octanol–water partition coefficient (Wildman–Crippen LogP) is 21.3. The minimum atomic E-state index is -0.790. The number of hydrogen-bond donors (Lipinski definition) is 0. The summed E-state index contributed by atoms with van der Waals surface area (Å²) in [5, 5.41) is 0. The van der Waals surface area contributed by atoms with Gasteiger partial charge in [-0.3, -0.25) is 14.4 Å². The van der Waals surface area contributed by atoms with Gasteiger partial charge in [0.2, 0.25) is 0 Å². The number of rotatable bonds is 56. The highest BCUT2D eigenvalue weighted by Gasteiger charge is 2.19. The molecule has 0 heterocycles. The Morgan fingerprint density at radius 3 is 0.838 bits per heavy atom. The van der Waals surface area contributed by atoms with Crippen molar-refractivity contribution in [3.63, 3.8) is 0 Å². The van der Waals surface area contributed by atoms with Gasteiger partial charge in [0.1, 0.15) is 13.2 Å². The molecule has 0 amide bonds. The first-order valence-corrected chi connectivity index (χ1v) is 31.2. The maximum absolute atomic E-state index is 12.9. The molecule has 0 saturated heterocycles. The summed E-state index contributed by atoms with van der Waals surface area (Å²) in [6.07, 6.45) is 82.6. The number of unbranched alkanes of at least 4 members (excludes halogenated alkanes) is 29. The summed E-state index contributed by atoms with van der Waals surface area (Å²) in [4.78, 5) is 38.2. The topological polar surface area (TPSA) is 78.9 Å². The monoisotopic (exact) mass is 1030 g/mol. The summed E-state index contributed by atoms with van der Waals surface area (Å²) in [5.74, 6) is -0.902. The summed E-state index contributed by atoms with van der Waals surface area (Å²) < 4.78 is 16.9. The molecule has 1 unspecified atom stereocenters. The standard InChI is InChI=1S/C68H116O6/c1-4-7-10-13-16-19-22-25-27-29-31-32-33-34-35-36-38-39-41-43-46-49-52-55-58-61-67(70)73-64-65(63-72-66(69)60-57-54-51-48-45-24-21-18-15-12-9-6-3)74-68(71)62-59-56-53-50-47-44-42-40-37-30-28-26-23-20-17-14-11-8-5-2/h7,10,16-21,25-28,31-32,37,40,65H,4-6,8-9,11-15,22-24,29-30,33-36,38-39,41-64H2,1-3H3/b10-7-,19-16-,20-17-,21-18-,27-25-,28-26-,32-31-,40-37-. The van der Waals surface area contributed by atoms with Crippen LogP contribution in [0.5, 0.6) is 0 Å². The Balaban J connectivity index is 4.32. The molecule has 0 aliphatic carbocycles. The van der Waals surface area contributed by atoms with E-state index >= 15 is 0 Å². The van der Waals surface area contributed by atoms with E-state index in [-0.39, 0.29) is 31.1 Å². The maximum Gasteiger partial charge on any atom is 0.306 e. The molecule has 0 rings (SSSR count). The largest absolute Gasteiger partial charge is 0.462 e. The molecule has 0 saturated carbocycles.